The average Bonchev–Trinajstić information content (AvgIpc) is 2.56. The molecule has 0 unspecified atom stereocenters. The third-order valence-electron chi connectivity index (χ3n) is 2.63. The van der Waals surface area contributed by atoms with E-state index in [0.717, 1.165) is 6.42 Å². The molecule has 15 heavy (non-hydrogen) atoms. The Kier molecular flexibility index (Phi) is 4.64. The molecule has 3 nitrogen and oxygen atoms in total. The van der Waals surface area contributed by atoms with Crippen molar-refractivity contribution in [2.75, 3.05) is 6.61 Å². The first-order valence-corrected chi connectivity index (χ1v) is 5.44. The molecule has 0 bridgehead atoms. The Bertz CT molecular complexity index is 254. The molecular formula is C12H18O3. The molecule has 1 heterocycles. The summed E-state index contributed by atoms with van der Waals surface area (Å²) in [4.78, 5) is 11.1. The lowest BCUT2D eigenvalue weighted by atomic mass is 10.0. The monoisotopic (exact) mass is 210 g/mol. The molecule has 1 fully saturated rings. The number of hydrogen-bond donors (Lipinski definition) is 0. The minimum absolute atomic E-state index is 0.0859. The maximum atomic E-state index is 11.1. The average molecular weight is 210 g/mol. The van der Waals surface area contributed by atoms with Gasteiger partial charge in [0.2, 0.25) is 0 Å². The smallest absolute Gasteiger partial charge is 0.305 e. The van der Waals surface area contributed by atoms with Crippen LogP contribution in [-0.4, -0.2) is 24.8 Å². The molecule has 0 aromatic carbocycles. The summed E-state index contributed by atoms with van der Waals surface area (Å²) in [6, 6.07) is 0. The van der Waals surface area contributed by atoms with E-state index in [-0.39, 0.29) is 18.2 Å². The number of ether oxygens (including phenoxy) is 2. The summed E-state index contributed by atoms with van der Waals surface area (Å²) < 4.78 is 10.5. The van der Waals surface area contributed by atoms with E-state index in [1.807, 2.05) is 0 Å². The first-order valence-electron chi connectivity index (χ1n) is 5.44. The number of rotatable bonds is 4. The predicted molar refractivity (Wildman–Crippen MR) is 57.1 cm³/mol. The van der Waals surface area contributed by atoms with Crippen LogP contribution in [0.4, 0.5) is 0 Å². The van der Waals surface area contributed by atoms with Crippen molar-refractivity contribution < 1.29 is 14.3 Å². The van der Waals surface area contributed by atoms with Crippen LogP contribution in [0.15, 0.2) is 0 Å². The Morgan fingerprint density at radius 1 is 1.67 bits per heavy atom. The van der Waals surface area contributed by atoms with Gasteiger partial charge in [0, 0.05) is 6.42 Å². The number of hydrogen-bond acceptors (Lipinski definition) is 3. The van der Waals surface area contributed by atoms with Crippen molar-refractivity contribution in [3.63, 3.8) is 0 Å². The number of terminal acetylenes is 1. The normalized spacial score (nSPS) is 29.8. The van der Waals surface area contributed by atoms with Gasteiger partial charge in [-0.25, -0.2) is 0 Å². The van der Waals surface area contributed by atoms with Crippen molar-refractivity contribution in [3.05, 3.63) is 0 Å². The lowest BCUT2D eigenvalue weighted by Crippen LogP contribution is -2.13. The zero-order valence-corrected chi connectivity index (χ0v) is 9.36. The summed E-state index contributed by atoms with van der Waals surface area (Å²) in [6.07, 6.45) is 7.42. The predicted octanol–water partition coefficient (Wildman–Crippen LogP) is 1.76. The van der Waals surface area contributed by atoms with Crippen molar-refractivity contribution in [1.29, 1.82) is 0 Å². The first-order chi connectivity index (χ1) is 7.17. The highest BCUT2D eigenvalue weighted by Gasteiger charge is 2.30. The molecule has 84 valence electrons. The van der Waals surface area contributed by atoms with Gasteiger partial charge in [0.15, 0.2) is 0 Å². The lowest BCUT2D eigenvalue weighted by Gasteiger charge is -2.09. The molecule has 1 rings (SSSR count). The third kappa shape index (κ3) is 3.56. The van der Waals surface area contributed by atoms with Gasteiger partial charge in [0.05, 0.1) is 12.7 Å². The highest BCUT2D eigenvalue weighted by Crippen LogP contribution is 2.28. The Morgan fingerprint density at radius 2 is 2.40 bits per heavy atom. The number of carbonyl (C=O) groups excluding carboxylic acids is 1. The van der Waals surface area contributed by atoms with E-state index in [9.17, 15) is 4.79 Å². The molecule has 1 saturated heterocycles. The molecule has 1 aliphatic heterocycles. The van der Waals surface area contributed by atoms with Crippen LogP contribution >= 0.6 is 0 Å². The molecule has 0 amide bonds. The summed E-state index contributed by atoms with van der Waals surface area (Å²) in [7, 11) is 0. The van der Waals surface area contributed by atoms with Gasteiger partial charge in [-0.15, -0.1) is 6.42 Å². The van der Waals surface area contributed by atoms with Crippen LogP contribution in [0.3, 0.4) is 0 Å². The summed E-state index contributed by atoms with van der Waals surface area (Å²) >= 11 is 0. The molecule has 0 aromatic rings. The fourth-order valence-corrected chi connectivity index (χ4v) is 1.84. The van der Waals surface area contributed by atoms with Gasteiger partial charge in [0.1, 0.15) is 6.10 Å². The summed E-state index contributed by atoms with van der Waals surface area (Å²) in [5.74, 6) is 2.85. The Balaban J connectivity index is 2.25. The van der Waals surface area contributed by atoms with Crippen molar-refractivity contribution in [2.24, 2.45) is 5.92 Å². The largest absolute Gasteiger partial charge is 0.466 e. The molecule has 0 N–H and O–H groups in total. The second-order valence-corrected chi connectivity index (χ2v) is 3.90. The van der Waals surface area contributed by atoms with Crippen LogP contribution in [0.25, 0.3) is 0 Å². The standard InChI is InChI=1S/C12H18O3/c1-4-11-9(3)8-10(15-11)6-7-12(13)14-5-2/h1,9-11H,5-8H2,2-3H3/t9-,10-,11+/m1/s1. The first kappa shape index (κ1) is 12.1. The summed E-state index contributed by atoms with van der Waals surface area (Å²) in [6.45, 7) is 4.32. The molecule has 0 saturated carbocycles. The molecule has 1 aliphatic rings. The SMILES string of the molecule is C#C[C@@H]1O[C@H](CCC(=O)OCC)C[C@H]1C. The third-order valence-corrected chi connectivity index (χ3v) is 2.63. The van der Waals surface area contributed by atoms with Gasteiger partial charge in [-0.05, 0) is 25.7 Å². The van der Waals surface area contributed by atoms with Crippen molar-refractivity contribution in [3.8, 4) is 12.3 Å². The van der Waals surface area contributed by atoms with Crippen LogP contribution in [0.2, 0.25) is 0 Å². The Morgan fingerprint density at radius 3 is 2.93 bits per heavy atom. The van der Waals surface area contributed by atoms with Crippen LogP contribution in [0.5, 0.6) is 0 Å². The Hall–Kier alpha value is -1.01. The fourth-order valence-electron chi connectivity index (χ4n) is 1.84. The maximum absolute atomic E-state index is 11.1. The van der Waals surface area contributed by atoms with Gasteiger partial charge in [0.25, 0.3) is 0 Å². The van der Waals surface area contributed by atoms with E-state index in [0.29, 0.717) is 25.4 Å². The van der Waals surface area contributed by atoms with E-state index in [4.69, 9.17) is 15.9 Å². The summed E-state index contributed by atoms with van der Waals surface area (Å²) in [5, 5.41) is 0. The maximum Gasteiger partial charge on any atom is 0.305 e. The van der Waals surface area contributed by atoms with Gasteiger partial charge in [-0.3, -0.25) is 4.79 Å². The van der Waals surface area contributed by atoms with Crippen LogP contribution in [0.1, 0.15) is 33.1 Å². The molecule has 0 aliphatic carbocycles. The molecular weight excluding hydrogens is 192 g/mol. The number of carbonyl (C=O) groups is 1. The van der Waals surface area contributed by atoms with E-state index in [1.54, 1.807) is 6.92 Å². The van der Waals surface area contributed by atoms with Gasteiger partial charge >= 0.3 is 5.97 Å². The van der Waals surface area contributed by atoms with E-state index < -0.39 is 0 Å². The van der Waals surface area contributed by atoms with Crippen LogP contribution in [0, 0.1) is 18.3 Å². The summed E-state index contributed by atoms with van der Waals surface area (Å²) in [5.41, 5.74) is 0. The molecule has 3 heteroatoms. The van der Waals surface area contributed by atoms with Crippen LogP contribution < -0.4 is 0 Å². The Labute approximate surface area is 91.1 Å². The van der Waals surface area contributed by atoms with Crippen LogP contribution in [-0.2, 0) is 14.3 Å². The fraction of sp³-hybridized carbons (Fsp3) is 0.750. The van der Waals surface area contributed by atoms with Crippen molar-refractivity contribution in [1.82, 2.24) is 0 Å². The van der Waals surface area contributed by atoms with E-state index in [1.165, 1.54) is 0 Å². The number of esters is 1. The molecule has 0 spiro atoms. The van der Waals surface area contributed by atoms with E-state index >= 15 is 0 Å². The minimum Gasteiger partial charge on any atom is -0.466 e. The minimum atomic E-state index is -0.155. The van der Waals surface area contributed by atoms with Gasteiger partial charge in [-0.1, -0.05) is 12.8 Å². The highest BCUT2D eigenvalue weighted by molar-refractivity contribution is 5.69. The molecule has 0 radical (unpaired) electrons. The molecule has 3 atom stereocenters. The zero-order valence-electron chi connectivity index (χ0n) is 9.36. The second-order valence-electron chi connectivity index (χ2n) is 3.90. The second kappa shape index (κ2) is 5.77. The van der Waals surface area contributed by atoms with E-state index in [2.05, 4.69) is 12.8 Å². The molecule has 0 aromatic heterocycles. The topological polar surface area (TPSA) is 35.5 Å². The van der Waals surface area contributed by atoms with Crippen molar-refractivity contribution >= 4 is 5.97 Å². The van der Waals surface area contributed by atoms with Crippen molar-refractivity contribution in [2.45, 2.75) is 45.3 Å². The van der Waals surface area contributed by atoms with Gasteiger partial charge in [-0.2, -0.15) is 0 Å². The zero-order chi connectivity index (χ0) is 11.3. The lowest BCUT2D eigenvalue weighted by molar-refractivity contribution is -0.143. The quantitative estimate of drug-likeness (QED) is 0.524. The van der Waals surface area contributed by atoms with Gasteiger partial charge < -0.3 is 9.47 Å². The highest BCUT2D eigenvalue weighted by atomic mass is 16.5.